The van der Waals surface area contributed by atoms with Gasteiger partial charge in [0.15, 0.2) is 5.75 Å². The lowest BCUT2D eigenvalue weighted by Gasteiger charge is -2.41. The van der Waals surface area contributed by atoms with Crippen LogP contribution in [0.2, 0.25) is 39.3 Å². The predicted octanol–water partition coefficient (Wildman–Crippen LogP) is 5.87. The van der Waals surface area contributed by atoms with E-state index in [2.05, 4.69) is 81.6 Å². The van der Waals surface area contributed by atoms with Crippen molar-refractivity contribution in [2.45, 2.75) is 58.2 Å². The van der Waals surface area contributed by atoms with Crippen LogP contribution in [-0.2, 0) is 12.8 Å². The SMILES string of the molecule is CN1CCc2cccc3c2C1Cc1ccc(O[Si](C)(C)C)c(O[Si](C)(C)C)c1-3. The Morgan fingerprint density at radius 3 is 2.29 bits per heavy atom. The maximum Gasteiger partial charge on any atom is 0.242 e. The molecule has 2 aliphatic rings. The van der Waals surface area contributed by atoms with Gasteiger partial charge in [-0.25, -0.2) is 0 Å². The van der Waals surface area contributed by atoms with E-state index in [1.165, 1.54) is 27.8 Å². The lowest BCUT2D eigenvalue weighted by molar-refractivity contribution is 0.228. The number of hydrogen-bond acceptors (Lipinski definition) is 3. The molecule has 5 heteroatoms. The Hall–Kier alpha value is -1.57. The van der Waals surface area contributed by atoms with Gasteiger partial charge in [0.1, 0.15) is 5.75 Å². The minimum absolute atomic E-state index is 0.468. The molecule has 0 radical (unpaired) electrons. The minimum atomic E-state index is -1.80. The molecule has 1 atom stereocenters. The Labute approximate surface area is 171 Å². The third-order valence-corrected chi connectivity index (χ3v) is 7.16. The minimum Gasteiger partial charge on any atom is -0.542 e. The van der Waals surface area contributed by atoms with Gasteiger partial charge in [-0.05, 0) is 87.5 Å². The van der Waals surface area contributed by atoms with Gasteiger partial charge in [0.05, 0.1) is 0 Å². The normalized spacial score (nSPS) is 19.0. The monoisotopic (exact) mass is 411 g/mol. The van der Waals surface area contributed by atoms with Gasteiger partial charge in [-0.3, -0.25) is 4.90 Å². The second kappa shape index (κ2) is 6.75. The lowest BCUT2D eigenvalue weighted by Crippen LogP contribution is -2.36. The van der Waals surface area contributed by atoms with Crippen LogP contribution in [-0.4, -0.2) is 35.1 Å². The van der Waals surface area contributed by atoms with Crippen LogP contribution in [0.1, 0.15) is 22.7 Å². The first-order valence-corrected chi connectivity index (χ1v) is 17.2. The Balaban J connectivity index is 1.96. The quantitative estimate of drug-likeness (QED) is 0.588. The van der Waals surface area contributed by atoms with E-state index in [0.717, 1.165) is 30.9 Å². The molecule has 1 aliphatic heterocycles. The van der Waals surface area contributed by atoms with Crippen molar-refractivity contribution < 1.29 is 8.85 Å². The molecular weight excluding hydrogens is 378 g/mol. The van der Waals surface area contributed by atoms with Gasteiger partial charge in [0, 0.05) is 18.2 Å². The first-order valence-electron chi connectivity index (χ1n) is 10.4. The Kier molecular flexibility index (Phi) is 4.76. The molecular formula is C23H33NO2Si2. The van der Waals surface area contributed by atoms with Crippen molar-refractivity contribution in [3.05, 3.63) is 47.0 Å². The molecule has 2 aromatic carbocycles. The van der Waals surface area contributed by atoms with Crippen molar-refractivity contribution in [3.8, 4) is 22.6 Å². The van der Waals surface area contributed by atoms with Gasteiger partial charge in [-0.1, -0.05) is 24.3 Å². The summed E-state index contributed by atoms with van der Waals surface area (Å²) in [6, 6.07) is 11.7. The van der Waals surface area contributed by atoms with Crippen LogP contribution in [0.15, 0.2) is 30.3 Å². The summed E-state index contributed by atoms with van der Waals surface area (Å²) in [6.45, 7) is 14.6. The molecule has 0 saturated heterocycles. The third-order valence-electron chi connectivity index (χ3n) is 5.51. The van der Waals surface area contributed by atoms with Crippen LogP contribution in [0.4, 0.5) is 0 Å². The molecule has 0 spiro atoms. The topological polar surface area (TPSA) is 21.7 Å². The first kappa shape index (κ1) is 19.7. The van der Waals surface area contributed by atoms with Gasteiger partial charge >= 0.3 is 0 Å². The largest absolute Gasteiger partial charge is 0.542 e. The molecule has 1 heterocycles. The summed E-state index contributed by atoms with van der Waals surface area (Å²) in [7, 11) is -1.28. The summed E-state index contributed by atoms with van der Waals surface area (Å²) in [4.78, 5) is 2.51. The van der Waals surface area contributed by atoms with E-state index < -0.39 is 16.6 Å². The molecule has 28 heavy (non-hydrogen) atoms. The molecule has 0 bridgehead atoms. The highest BCUT2D eigenvalue weighted by Gasteiger charge is 2.36. The number of likely N-dealkylation sites (N-methyl/N-ethyl adjacent to an activating group) is 1. The standard InChI is InChI=1S/C23H33NO2Si2/c1-24-14-13-16-9-8-10-18-21(16)19(24)15-17-11-12-20(25-27(2,3)4)23(22(17)18)26-28(5,6)7/h8-12,19H,13-15H2,1-7H3. The maximum atomic E-state index is 6.71. The second-order valence-corrected chi connectivity index (χ2v) is 19.0. The van der Waals surface area contributed by atoms with Crippen LogP contribution < -0.4 is 8.85 Å². The van der Waals surface area contributed by atoms with E-state index in [1.54, 1.807) is 0 Å². The van der Waals surface area contributed by atoms with E-state index in [-0.39, 0.29) is 0 Å². The Morgan fingerprint density at radius 1 is 0.893 bits per heavy atom. The summed E-state index contributed by atoms with van der Waals surface area (Å²) in [5, 5.41) is 0. The number of hydrogen-bond donors (Lipinski definition) is 0. The van der Waals surface area contributed by atoms with Gasteiger partial charge in [0.25, 0.3) is 0 Å². The number of benzene rings is 2. The Bertz CT molecular complexity index is 912. The van der Waals surface area contributed by atoms with E-state index in [1.807, 2.05) is 0 Å². The van der Waals surface area contributed by atoms with Crippen molar-refractivity contribution in [1.82, 2.24) is 4.90 Å². The van der Waals surface area contributed by atoms with E-state index in [0.29, 0.717) is 6.04 Å². The molecule has 1 unspecified atom stereocenters. The van der Waals surface area contributed by atoms with E-state index in [9.17, 15) is 0 Å². The van der Waals surface area contributed by atoms with Gasteiger partial charge in [-0.15, -0.1) is 0 Å². The highest BCUT2D eigenvalue weighted by molar-refractivity contribution is 6.71. The van der Waals surface area contributed by atoms with Gasteiger partial charge in [0.2, 0.25) is 16.6 Å². The molecule has 4 rings (SSSR count). The number of fused-ring (bicyclic) bond motifs is 2. The van der Waals surface area contributed by atoms with Crippen molar-refractivity contribution in [3.63, 3.8) is 0 Å². The van der Waals surface area contributed by atoms with Crippen molar-refractivity contribution in [2.75, 3.05) is 13.6 Å². The highest BCUT2D eigenvalue weighted by Crippen LogP contribution is 2.51. The molecule has 0 N–H and O–H groups in total. The van der Waals surface area contributed by atoms with Crippen molar-refractivity contribution >= 4 is 16.6 Å². The van der Waals surface area contributed by atoms with Crippen molar-refractivity contribution in [1.29, 1.82) is 0 Å². The van der Waals surface area contributed by atoms with Crippen molar-refractivity contribution in [2.24, 2.45) is 0 Å². The van der Waals surface area contributed by atoms with Crippen LogP contribution >= 0.6 is 0 Å². The molecule has 0 fully saturated rings. The van der Waals surface area contributed by atoms with Crippen LogP contribution in [0, 0.1) is 0 Å². The fraction of sp³-hybridized carbons (Fsp3) is 0.478. The number of nitrogens with zero attached hydrogens (tertiary/aromatic N) is 1. The van der Waals surface area contributed by atoms with E-state index in [4.69, 9.17) is 8.85 Å². The number of rotatable bonds is 4. The zero-order valence-electron chi connectivity index (χ0n) is 18.3. The van der Waals surface area contributed by atoms with Crippen LogP contribution in [0.5, 0.6) is 11.5 Å². The first-order chi connectivity index (χ1) is 13.0. The molecule has 0 amide bonds. The zero-order chi connectivity index (χ0) is 20.3. The maximum absolute atomic E-state index is 6.71. The summed E-state index contributed by atoms with van der Waals surface area (Å²) in [5.74, 6) is 1.92. The molecule has 1 aliphatic carbocycles. The summed E-state index contributed by atoms with van der Waals surface area (Å²) < 4.78 is 13.2. The molecule has 2 aromatic rings. The average Bonchev–Trinajstić information content (AvgIpc) is 2.57. The zero-order valence-corrected chi connectivity index (χ0v) is 20.3. The molecule has 0 saturated carbocycles. The average molecular weight is 412 g/mol. The predicted molar refractivity (Wildman–Crippen MR) is 123 cm³/mol. The fourth-order valence-corrected chi connectivity index (χ4v) is 6.10. The highest BCUT2D eigenvalue weighted by atomic mass is 28.4. The van der Waals surface area contributed by atoms with Crippen LogP contribution in [0.3, 0.4) is 0 Å². The van der Waals surface area contributed by atoms with Gasteiger partial charge < -0.3 is 8.85 Å². The molecule has 150 valence electrons. The smallest absolute Gasteiger partial charge is 0.242 e. The fourth-order valence-electron chi connectivity index (χ4n) is 4.47. The third kappa shape index (κ3) is 3.67. The summed E-state index contributed by atoms with van der Waals surface area (Å²) in [5.41, 5.74) is 7.03. The summed E-state index contributed by atoms with van der Waals surface area (Å²) >= 11 is 0. The van der Waals surface area contributed by atoms with Gasteiger partial charge in [-0.2, -0.15) is 0 Å². The lowest BCUT2D eigenvalue weighted by atomic mass is 9.77. The summed E-state index contributed by atoms with van der Waals surface area (Å²) in [6.07, 6.45) is 2.17. The van der Waals surface area contributed by atoms with E-state index >= 15 is 0 Å². The Morgan fingerprint density at radius 2 is 1.61 bits per heavy atom. The molecule has 3 nitrogen and oxygen atoms in total. The van der Waals surface area contributed by atoms with Crippen LogP contribution in [0.25, 0.3) is 11.1 Å². The second-order valence-electron chi connectivity index (χ2n) is 10.2. The molecule has 0 aromatic heterocycles.